The molecule has 1 N–H and O–H groups in total. The van der Waals surface area contributed by atoms with Crippen molar-refractivity contribution < 1.29 is 14.0 Å². The van der Waals surface area contributed by atoms with E-state index >= 15 is 0 Å². The lowest BCUT2D eigenvalue weighted by Gasteiger charge is -2.05. The number of nitrogens with one attached hydrogen (secondary N) is 1. The first-order chi connectivity index (χ1) is 12.6. The van der Waals surface area contributed by atoms with Gasteiger partial charge in [-0.3, -0.25) is 9.59 Å². The van der Waals surface area contributed by atoms with Crippen molar-refractivity contribution in [2.24, 2.45) is 0 Å². The molecule has 0 spiro atoms. The highest BCUT2D eigenvalue weighted by Crippen LogP contribution is 2.20. The number of thioether (sulfide) groups is 1. The Hall–Kier alpha value is -2.86. The summed E-state index contributed by atoms with van der Waals surface area (Å²) in [6.07, 6.45) is 1.61. The number of nitrogens with zero attached hydrogens (tertiary/aromatic N) is 1. The molecule has 0 aliphatic carbocycles. The van der Waals surface area contributed by atoms with Crippen LogP contribution in [0.25, 0.3) is 11.5 Å². The maximum absolute atomic E-state index is 12.0. The summed E-state index contributed by atoms with van der Waals surface area (Å²) in [6, 6.07) is 16.6. The van der Waals surface area contributed by atoms with Crippen molar-refractivity contribution in [1.82, 2.24) is 4.98 Å². The second-order valence-electron chi connectivity index (χ2n) is 5.69. The number of rotatable bonds is 7. The lowest BCUT2D eigenvalue weighted by atomic mass is 10.1. The van der Waals surface area contributed by atoms with Gasteiger partial charge in [-0.05, 0) is 31.2 Å². The third kappa shape index (κ3) is 4.83. The summed E-state index contributed by atoms with van der Waals surface area (Å²) in [4.78, 5) is 27.9. The SMILES string of the molecule is CC(=O)c1cccc(NC(=O)CSCc2coc(-c3ccccc3)n2)c1. The third-order valence-electron chi connectivity index (χ3n) is 3.61. The Balaban J connectivity index is 1.49. The monoisotopic (exact) mass is 366 g/mol. The van der Waals surface area contributed by atoms with Gasteiger partial charge in [0, 0.05) is 22.6 Å². The van der Waals surface area contributed by atoms with Crippen molar-refractivity contribution in [3.63, 3.8) is 0 Å². The van der Waals surface area contributed by atoms with Gasteiger partial charge in [0.05, 0.1) is 11.4 Å². The van der Waals surface area contributed by atoms with E-state index in [1.54, 1.807) is 30.5 Å². The maximum Gasteiger partial charge on any atom is 0.234 e. The molecule has 2 aromatic carbocycles. The van der Waals surface area contributed by atoms with Crippen LogP contribution in [0, 0.1) is 0 Å². The van der Waals surface area contributed by atoms with Gasteiger partial charge in [-0.25, -0.2) is 4.98 Å². The van der Waals surface area contributed by atoms with E-state index < -0.39 is 0 Å². The fourth-order valence-electron chi connectivity index (χ4n) is 2.35. The minimum Gasteiger partial charge on any atom is -0.444 e. The molecule has 0 atom stereocenters. The lowest BCUT2D eigenvalue weighted by molar-refractivity contribution is -0.113. The number of carbonyl (C=O) groups is 2. The summed E-state index contributed by atoms with van der Waals surface area (Å²) in [5, 5.41) is 2.80. The zero-order valence-electron chi connectivity index (χ0n) is 14.3. The molecule has 26 heavy (non-hydrogen) atoms. The van der Waals surface area contributed by atoms with E-state index in [-0.39, 0.29) is 17.4 Å². The molecular formula is C20H18N2O3S. The number of ketones is 1. The molecule has 132 valence electrons. The maximum atomic E-state index is 12.0. The minimum atomic E-state index is -0.123. The standard InChI is InChI=1S/C20H18N2O3S/c1-14(23)16-8-5-9-17(10-16)21-19(24)13-26-12-18-11-25-20(22-18)15-6-3-2-4-7-15/h2-11H,12-13H2,1H3,(H,21,24). The lowest BCUT2D eigenvalue weighted by Crippen LogP contribution is -2.14. The molecule has 0 aliphatic rings. The van der Waals surface area contributed by atoms with Gasteiger partial charge >= 0.3 is 0 Å². The number of benzene rings is 2. The van der Waals surface area contributed by atoms with Gasteiger partial charge in [0.15, 0.2) is 5.78 Å². The van der Waals surface area contributed by atoms with Crippen molar-refractivity contribution in [2.75, 3.05) is 11.1 Å². The van der Waals surface area contributed by atoms with Gasteiger partial charge < -0.3 is 9.73 Å². The smallest absolute Gasteiger partial charge is 0.234 e. The first kappa shape index (κ1) is 17.9. The number of carbonyl (C=O) groups excluding carboxylic acids is 2. The van der Waals surface area contributed by atoms with Crippen LogP contribution in [-0.4, -0.2) is 22.4 Å². The van der Waals surface area contributed by atoms with Crippen LogP contribution in [0.1, 0.15) is 23.0 Å². The molecule has 0 fully saturated rings. The topological polar surface area (TPSA) is 72.2 Å². The van der Waals surface area contributed by atoms with Crippen LogP contribution in [0.3, 0.4) is 0 Å². The molecule has 0 saturated carbocycles. The Morgan fingerprint density at radius 1 is 1.12 bits per heavy atom. The van der Waals surface area contributed by atoms with E-state index in [9.17, 15) is 9.59 Å². The Bertz CT molecular complexity index is 906. The number of Topliss-reactive ketones (excluding diaryl/α,β-unsaturated/α-hetero) is 1. The van der Waals surface area contributed by atoms with Crippen LogP contribution >= 0.6 is 11.8 Å². The average molecular weight is 366 g/mol. The third-order valence-corrected chi connectivity index (χ3v) is 4.57. The van der Waals surface area contributed by atoms with E-state index in [0.717, 1.165) is 11.3 Å². The Morgan fingerprint density at radius 2 is 1.92 bits per heavy atom. The molecule has 5 nitrogen and oxygen atoms in total. The first-order valence-electron chi connectivity index (χ1n) is 8.10. The molecule has 0 saturated heterocycles. The predicted molar refractivity (Wildman–Crippen MR) is 103 cm³/mol. The summed E-state index contributed by atoms with van der Waals surface area (Å²) in [7, 11) is 0. The number of hydrogen-bond acceptors (Lipinski definition) is 5. The largest absolute Gasteiger partial charge is 0.444 e. The van der Waals surface area contributed by atoms with Gasteiger partial charge in [0.25, 0.3) is 0 Å². The molecule has 0 bridgehead atoms. The summed E-state index contributed by atoms with van der Waals surface area (Å²) in [6.45, 7) is 1.50. The Labute approximate surface area is 155 Å². The van der Waals surface area contributed by atoms with Gasteiger partial charge in [-0.15, -0.1) is 11.8 Å². The zero-order chi connectivity index (χ0) is 18.4. The summed E-state index contributed by atoms with van der Waals surface area (Å²) < 4.78 is 5.48. The quantitative estimate of drug-likeness (QED) is 0.627. The molecule has 0 radical (unpaired) electrons. The molecule has 0 aliphatic heterocycles. The highest BCUT2D eigenvalue weighted by atomic mass is 32.2. The van der Waals surface area contributed by atoms with Crippen molar-refractivity contribution in [3.8, 4) is 11.5 Å². The van der Waals surface area contributed by atoms with Crippen molar-refractivity contribution >= 4 is 29.1 Å². The van der Waals surface area contributed by atoms with Crippen molar-refractivity contribution in [3.05, 3.63) is 72.1 Å². The molecule has 1 amide bonds. The fraction of sp³-hybridized carbons (Fsp3) is 0.150. The molecular weight excluding hydrogens is 348 g/mol. The van der Waals surface area contributed by atoms with Crippen LogP contribution < -0.4 is 5.32 Å². The highest BCUT2D eigenvalue weighted by molar-refractivity contribution is 7.99. The van der Waals surface area contributed by atoms with Gasteiger partial charge in [0.2, 0.25) is 11.8 Å². The van der Waals surface area contributed by atoms with E-state index in [0.29, 0.717) is 22.9 Å². The number of aromatic nitrogens is 1. The van der Waals surface area contributed by atoms with Crippen LogP contribution in [0.5, 0.6) is 0 Å². The van der Waals surface area contributed by atoms with Crippen LogP contribution in [0.2, 0.25) is 0 Å². The number of amides is 1. The average Bonchev–Trinajstić information content (AvgIpc) is 3.11. The van der Waals surface area contributed by atoms with Gasteiger partial charge in [0.1, 0.15) is 6.26 Å². The van der Waals surface area contributed by atoms with Crippen molar-refractivity contribution in [1.29, 1.82) is 0 Å². The Morgan fingerprint density at radius 3 is 2.69 bits per heavy atom. The van der Waals surface area contributed by atoms with Gasteiger partial charge in [-0.1, -0.05) is 30.3 Å². The van der Waals surface area contributed by atoms with E-state index in [1.165, 1.54) is 18.7 Å². The normalized spacial score (nSPS) is 10.5. The second-order valence-corrected chi connectivity index (χ2v) is 6.67. The molecule has 3 rings (SSSR count). The van der Waals surface area contributed by atoms with Crippen molar-refractivity contribution in [2.45, 2.75) is 12.7 Å². The van der Waals surface area contributed by atoms with Crippen LogP contribution in [0.15, 0.2) is 65.3 Å². The van der Waals surface area contributed by atoms with E-state index in [4.69, 9.17) is 4.42 Å². The molecule has 3 aromatic rings. The van der Waals surface area contributed by atoms with Gasteiger partial charge in [-0.2, -0.15) is 0 Å². The second kappa shape index (κ2) is 8.49. The Kier molecular flexibility index (Phi) is 5.86. The summed E-state index contributed by atoms with van der Waals surface area (Å²) in [5.74, 6) is 1.29. The van der Waals surface area contributed by atoms with E-state index in [1.807, 2.05) is 30.3 Å². The van der Waals surface area contributed by atoms with Crippen LogP contribution in [0.4, 0.5) is 5.69 Å². The highest BCUT2D eigenvalue weighted by Gasteiger charge is 2.09. The molecule has 6 heteroatoms. The summed E-state index contributed by atoms with van der Waals surface area (Å²) >= 11 is 1.45. The first-order valence-corrected chi connectivity index (χ1v) is 9.26. The zero-order valence-corrected chi connectivity index (χ0v) is 15.1. The number of oxazole rings is 1. The molecule has 0 unspecified atom stereocenters. The fourth-order valence-corrected chi connectivity index (χ4v) is 3.05. The minimum absolute atomic E-state index is 0.0317. The van der Waals surface area contributed by atoms with E-state index in [2.05, 4.69) is 10.3 Å². The summed E-state index contributed by atoms with van der Waals surface area (Å²) in [5.41, 5.74) is 2.91. The number of hydrogen-bond donors (Lipinski definition) is 1. The van der Waals surface area contributed by atoms with Crippen LogP contribution in [-0.2, 0) is 10.5 Å². The molecule has 1 heterocycles. The number of anilines is 1. The molecule has 1 aromatic heterocycles. The predicted octanol–water partition coefficient (Wildman–Crippen LogP) is 4.42.